The highest BCUT2D eigenvalue weighted by Crippen LogP contribution is 2.17. The third-order valence-corrected chi connectivity index (χ3v) is 2.77. The van der Waals surface area contributed by atoms with Crippen molar-refractivity contribution in [3.8, 4) is 0 Å². The van der Waals surface area contributed by atoms with Crippen molar-refractivity contribution in [1.82, 2.24) is 9.80 Å². The van der Waals surface area contributed by atoms with Gasteiger partial charge in [-0.1, -0.05) is 0 Å². The summed E-state index contributed by atoms with van der Waals surface area (Å²) in [5.74, 6) is -0.657. The summed E-state index contributed by atoms with van der Waals surface area (Å²) in [5, 5.41) is 10.4. The lowest BCUT2D eigenvalue weighted by Gasteiger charge is -2.31. The number of piperazine rings is 1. The van der Waals surface area contributed by atoms with Gasteiger partial charge < -0.3 is 14.2 Å². The normalized spacial score (nSPS) is 16.2. The lowest BCUT2D eigenvalue weighted by molar-refractivity contribution is -0.402. The molecule has 0 saturated carbocycles. The van der Waals surface area contributed by atoms with Crippen molar-refractivity contribution in [2.24, 2.45) is 0 Å². The number of hydrogen-bond donors (Lipinski definition) is 0. The second kappa shape index (κ2) is 5.83. The fraction of sp³-hybridized carbons (Fsp3) is 0.500. The van der Waals surface area contributed by atoms with E-state index in [4.69, 9.17) is 4.42 Å². The highest BCUT2D eigenvalue weighted by atomic mass is 35.5. The Morgan fingerprint density at radius 3 is 2.44 bits per heavy atom. The molecule has 2 heterocycles. The zero-order chi connectivity index (χ0) is 12.4. The van der Waals surface area contributed by atoms with Crippen LogP contribution in [0.4, 0.5) is 5.88 Å². The van der Waals surface area contributed by atoms with Crippen molar-refractivity contribution in [3.63, 3.8) is 0 Å². The van der Waals surface area contributed by atoms with Crippen molar-refractivity contribution in [1.29, 1.82) is 0 Å². The maximum atomic E-state index is 11.9. The van der Waals surface area contributed by atoms with E-state index in [9.17, 15) is 14.9 Å². The molecule has 0 atom stereocenters. The lowest BCUT2D eigenvalue weighted by Crippen LogP contribution is -2.47. The quantitative estimate of drug-likeness (QED) is 0.594. The number of likely N-dealkylation sites (N-methyl/N-ethyl adjacent to an activating group) is 1. The Morgan fingerprint density at radius 2 is 1.94 bits per heavy atom. The number of nitro groups is 1. The van der Waals surface area contributed by atoms with Crippen molar-refractivity contribution >= 4 is 24.2 Å². The van der Waals surface area contributed by atoms with Crippen molar-refractivity contribution < 1.29 is 14.1 Å². The zero-order valence-electron chi connectivity index (χ0n) is 9.87. The number of halogens is 1. The molecule has 0 aromatic carbocycles. The van der Waals surface area contributed by atoms with E-state index in [-0.39, 0.29) is 24.1 Å². The number of carbonyl (C=O) groups excluding carboxylic acids is 1. The summed E-state index contributed by atoms with van der Waals surface area (Å²) in [6, 6.07) is 2.54. The van der Waals surface area contributed by atoms with Crippen molar-refractivity contribution in [3.05, 3.63) is 28.0 Å². The molecular formula is C10H14ClN3O4. The van der Waals surface area contributed by atoms with Crippen LogP contribution in [-0.2, 0) is 0 Å². The van der Waals surface area contributed by atoms with E-state index in [1.165, 1.54) is 12.1 Å². The van der Waals surface area contributed by atoms with Crippen molar-refractivity contribution in [2.75, 3.05) is 33.2 Å². The van der Waals surface area contributed by atoms with Gasteiger partial charge in [0, 0.05) is 26.2 Å². The van der Waals surface area contributed by atoms with Gasteiger partial charge >= 0.3 is 5.88 Å². The molecule has 18 heavy (non-hydrogen) atoms. The molecule has 7 nitrogen and oxygen atoms in total. The summed E-state index contributed by atoms with van der Waals surface area (Å²) in [7, 11) is 1.99. The van der Waals surface area contributed by atoms with E-state index in [0.717, 1.165) is 13.1 Å². The van der Waals surface area contributed by atoms with Crippen LogP contribution in [0.5, 0.6) is 0 Å². The first-order valence-corrected chi connectivity index (χ1v) is 5.30. The molecule has 0 unspecified atom stereocenters. The summed E-state index contributed by atoms with van der Waals surface area (Å²) < 4.78 is 4.88. The molecule has 1 aliphatic rings. The van der Waals surface area contributed by atoms with Gasteiger partial charge in [0.1, 0.15) is 4.92 Å². The Balaban J connectivity index is 0.00000162. The van der Waals surface area contributed by atoms with Crippen LogP contribution in [0.3, 0.4) is 0 Å². The molecule has 0 N–H and O–H groups in total. The summed E-state index contributed by atoms with van der Waals surface area (Å²) in [6.07, 6.45) is 0. The highest BCUT2D eigenvalue weighted by Gasteiger charge is 2.24. The zero-order valence-corrected chi connectivity index (χ0v) is 10.7. The first-order chi connectivity index (χ1) is 8.08. The van der Waals surface area contributed by atoms with E-state index in [1.807, 2.05) is 7.05 Å². The highest BCUT2D eigenvalue weighted by molar-refractivity contribution is 5.91. The Bertz CT molecular complexity index is 440. The molecule has 0 spiro atoms. The Morgan fingerprint density at radius 1 is 1.33 bits per heavy atom. The topological polar surface area (TPSA) is 79.8 Å². The number of rotatable bonds is 2. The van der Waals surface area contributed by atoms with Crippen LogP contribution in [0.1, 0.15) is 10.6 Å². The third kappa shape index (κ3) is 2.99. The van der Waals surface area contributed by atoms with Gasteiger partial charge in [-0.3, -0.25) is 14.9 Å². The molecule has 0 radical (unpaired) electrons. The van der Waals surface area contributed by atoms with Crippen LogP contribution in [0.25, 0.3) is 0 Å². The van der Waals surface area contributed by atoms with Crippen LogP contribution >= 0.6 is 12.4 Å². The summed E-state index contributed by atoms with van der Waals surface area (Å²) in [5.41, 5.74) is 0. The first-order valence-electron chi connectivity index (χ1n) is 5.30. The molecule has 1 amide bonds. The van der Waals surface area contributed by atoms with Gasteiger partial charge in [0.05, 0.1) is 6.07 Å². The Hall–Kier alpha value is -1.60. The second-order valence-electron chi connectivity index (χ2n) is 3.99. The minimum atomic E-state index is -0.652. The smallest absolute Gasteiger partial charge is 0.395 e. The molecule has 0 bridgehead atoms. The Kier molecular flexibility index (Phi) is 4.69. The van der Waals surface area contributed by atoms with Crippen LogP contribution in [0.2, 0.25) is 0 Å². The predicted octanol–water partition coefficient (Wildman–Crippen LogP) is 0.997. The summed E-state index contributed by atoms with van der Waals surface area (Å²) in [4.78, 5) is 25.5. The molecular weight excluding hydrogens is 262 g/mol. The maximum Gasteiger partial charge on any atom is 0.433 e. The lowest BCUT2D eigenvalue weighted by atomic mass is 10.3. The minimum absolute atomic E-state index is 0. The predicted molar refractivity (Wildman–Crippen MR) is 66.0 cm³/mol. The second-order valence-corrected chi connectivity index (χ2v) is 3.99. The third-order valence-electron chi connectivity index (χ3n) is 2.77. The molecule has 1 aliphatic heterocycles. The number of furan rings is 1. The van der Waals surface area contributed by atoms with Gasteiger partial charge in [-0.25, -0.2) is 0 Å². The molecule has 1 aromatic rings. The number of amides is 1. The summed E-state index contributed by atoms with van der Waals surface area (Å²) in [6.45, 7) is 2.83. The molecule has 0 aliphatic carbocycles. The Labute approximate surface area is 110 Å². The molecule has 1 saturated heterocycles. The molecule has 2 rings (SSSR count). The number of hydrogen-bond acceptors (Lipinski definition) is 5. The van der Waals surface area contributed by atoms with Gasteiger partial charge in [0.25, 0.3) is 5.91 Å². The SMILES string of the molecule is CN1CCN(C(=O)c2ccc([N+](=O)[O-])o2)CC1.Cl. The molecule has 1 aromatic heterocycles. The van der Waals surface area contributed by atoms with E-state index in [1.54, 1.807) is 4.90 Å². The monoisotopic (exact) mass is 275 g/mol. The van der Waals surface area contributed by atoms with E-state index in [0.29, 0.717) is 13.1 Å². The van der Waals surface area contributed by atoms with Gasteiger partial charge in [0.15, 0.2) is 5.76 Å². The van der Waals surface area contributed by atoms with E-state index >= 15 is 0 Å². The number of nitrogens with zero attached hydrogens (tertiary/aromatic N) is 3. The maximum absolute atomic E-state index is 11.9. The van der Waals surface area contributed by atoms with E-state index < -0.39 is 10.8 Å². The average molecular weight is 276 g/mol. The summed E-state index contributed by atoms with van der Waals surface area (Å²) >= 11 is 0. The fourth-order valence-corrected chi connectivity index (χ4v) is 1.71. The fourth-order valence-electron chi connectivity index (χ4n) is 1.71. The van der Waals surface area contributed by atoms with Crippen LogP contribution in [-0.4, -0.2) is 53.9 Å². The molecule has 100 valence electrons. The van der Waals surface area contributed by atoms with Crippen molar-refractivity contribution in [2.45, 2.75) is 0 Å². The number of carbonyl (C=O) groups is 1. The molecule has 8 heteroatoms. The molecule has 1 fully saturated rings. The standard InChI is InChI=1S/C10H13N3O4.ClH/c1-11-4-6-12(7-5-11)10(14)8-2-3-9(17-8)13(15)16;/h2-3H,4-7H2,1H3;1H. The van der Waals surface area contributed by atoms with Gasteiger partial charge in [0.2, 0.25) is 0 Å². The average Bonchev–Trinajstić information content (AvgIpc) is 2.78. The van der Waals surface area contributed by atoms with Gasteiger partial charge in [-0.05, 0) is 13.1 Å². The van der Waals surface area contributed by atoms with Crippen LogP contribution < -0.4 is 0 Å². The van der Waals surface area contributed by atoms with Crippen LogP contribution in [0.15, 0.2) is 16.5 Å². The van der Waals surface area contributed by atoms with E-state index in [2.05, 4.69) is 4.90 Å². The van der Waals surface area contributed by atoms with Crippen LogP contribution in [0, 0.1) is 10.1 Å². The largest absolute Gasteiger partial charge is 0.433 e. The van der Waals surface area contributed by atoms with Gasteiger partial charge in [-0.15, -0.1) is 12.4 Å². The first kappa shape index (κ1) is 14.5. The minimum Gasteiger partial charge on any atom is -0.395 e. The van der Waals surface area contributed by atoms with Gasteiger partial charge in [-0.2, -0.15) is 0 Å².